The normalized spacial score (nSPS) is 10.3. The zero-order valence-electron chi connectivity index (χ0n) is 9.92. The first kappa shape index (κ1) is 12.0. The van der Waals surface area contributed by atoms with Crippen molar-refractivity contribution in [2.45, 2.75) is 6.54 Å². The molecular formula is C12H14N4O2. The number of carboxylic acid groups (broad SMARTS) is 1. The van der Waals surface area contributed by atoms with Crippen molar-refractivity contribution < 1.29 is 9.90 Å². The van der Waals surface area contributed by atoms with Crippen LogP contribution in [0, 0.1) is 0 Å². The fourth-order valence-electron chi connectivity index (χ4n) is 1.60. The third kappa shape index (κ3) is 2.42. The average Bonchev–Trinajstić information content (AvgIpc) is 2.73. The van der Waals surface area contributed by atoms with E-state index in [0.717, 1.165) is 5.69 Å². The molecule has 1 aromatic carbocycles. The molecule has 0 bridgehead atoms. The second-order valence-electron chi connectivity index (χ2n) is 3.91. The zero-order valence-corrected chi connectivity index (χ0v) is 9.92. The standard InChI is InChI=1S/C12H14N4O2/c1-16-9(4-5-15-16)7-14-11-6-8(12(17)18)2-3-10(11)13/h2-6,14H,7,13H2,1H3,(H,17,18). The summed E-state index contributed by atoms with van der Waals surface area (Å²) in [5.74, 6) is -0.974. The van der Waals surface area contributed by atoms with Gasteiger partial charge >= 0.3 is 5.97 Å². The van der Waals surface area contributed by atoms with Crippen LogP contribution in [-0.4, -0.2) is 20.9 Å². The molecule has 0 aliphatic heterocycles. The number of carboxylic acids is 1. The molecule has 1 heterocycles. The van der Waals surface area contributed by atoms with Crippen molar-refractivity contribution in [3.05, 3.63) is 41.7 Å². The number of nitrogen functional groups attached to an aromatic ring is 1. The number of aryl methyl sites for hydroxylation is 1. The molecular weight excluding hydrogens is 232 g/mol. The highest BCUT2D eigenvalue weighted by atomic mass is 16.4. The molecule has 2 aromatic rings. The average molecular weight is 246 g/mol. The van der Waals surface area contributed by atoms with Gasteiger partial charge in [-0.2, -0.15) is 5.10 Å². The van der Waals surface area contributed by atoms with Gasteiger partial charge in [-0.15, -0.1) is 0 Å². The number of rotatable bonds is 4. The quantitative estimate of drug-likeness (QED) is 0.707. The second-order valence-corrected chi connectivity index (χ2v) is 3.91. The molecule has 0 saturated heterocycles. The predicted octanol–water partition coefficient (Wildman–Crippen LogP) is 1.31. The number of aromatic carboxylic acids is 1. The van der Waals surface area contributed by atoms with Crippen LogP contribution >= 0.6 is 0 Å². The maximum Gasteiger partial charge on any atom is 0.335 e. The Kier molecular flexibility index (Phi) is 3.18. The van der Waals surface area contributed by atoms with Gasteiger partial charge in [-0.3, -0.25) is 4.68 Å². The molecule has 0 amide bonds. The van der Waals surface area contributed by atoms with Gasteiger partial charge in [0.05, 0.1) is 29.2 Å². The molecule has 0 atom stereocenters. The van der Waals surface area contributed by atoms with Crippen LogP contribution in [-0.2, 0) is 13.6 Å². The minimum Gasteiger partial charge on any atom is -0.478 e. The number of hydrogen-bond donors (Lipinski definition) is 3. The van der Waals surface area contributed by atoms with Crippen LogP contribution in [0.15, 0.2) is 30.5 Å². The van der Waals surface area contributed by atoms with Crippen molar-refractivity contribution in [2.75, 3.05) is 11.1 Å². The lowest BCUT2D eigenvalue weighted by Crippen LogP contribution is -2.08. The maximum atomic E-state index is 10.9. The van der Waals surface area contributed by atoms with Crippen LogP contribution in [0.2, 0.25) is 0 Å². The molecule has 0 spiro atoms. The number of benzene rings is 1. The van der Waals surface area contributed by atoms with E-state index in [9.17, 15) is 4.79 Å². The molecule has 0 aliphatic rings. The van der Waals surface area contributed by atoms with Crippen molar-refractivity contribution in [2.24, 2.45) is 7.05 Å². The van der Waals surface area contributed by atoms with E-state index >= 15 is 0 Å². The molecule has 2 rings (SSSR count). The molecule has 0 unspecified atom stereocenters. The third-order valence-corrected chi connectivity index (χ3v) is 2.68. The number of anilines is 2. The number of carbonyl (C=O) groups is 1. The Morgan fingerprint density at radius 2 is 2.28 bits per heavy atom. The highest BCUT2D eigenvalue weighted by molar-refractivity contribution is 5.90. The van der Waals surface area contributed by atoms with Crippen molar-refractivity contribution in [3.63, 3.8) is 0 Å². The zero-order chi connectivity index (χ0) is 13.1. The summed E-state index contributed by atoms with van der Waals surface area (Å²) < 4.78 is 1.74. The molecule has 6 nitrogen and oxygen atoms in total. The summed E-state index contributed by atoms with van der Waals surface area (Å²) in [5, 5.41) is 16.1. The number of hydrogen-bond acceptors (Lipinski definition) is 4. The summed E-state index contributed by atoms with van der Waals surface area (Å²) >= 11 is 0. The predicted molar refractivity (Wildman–Crippen MR) is 68.3 cm³/mol. The molecule has 0 saturated carbocycles. The van der Waals surface area contributed by atoms with Crippen molar-refractivity contribution >= 4 is 17.3 Å². The first-order valence-corrected chi connectivity index (χ1v) is 5.41. The number of nitrogens with zero attached hydrogens (tertiary/aromatic N) is 2. The van der Waals surface area contributed by atoms with Gasteiger partial charge in [0.2, 0.25) is 0 Å². The smallest absolute Gasteiger partial charge is 0.335 e. The van der Waals surface area contributed by atoms with E-state index in [4.69, 9.17) is 10.8 Å². The summed E-state index contributed by atoms with van der Waals surface area (Å²) in [4.78, 5) is 10.9. The van der Waals surface area contributed by atoms with Crippen LogP contribution in [0.1, 0.15) is 16.1 Å². The Hall–Kier alpha value is -2.50. The van der Waals surface area contributed by atoms with E-state index in [-0.39, 0.29) is 5.56 Å². The van der Waals surface area contributed by atoms with Gasteiger partial charge in [-0.05, 0) is 24.3 Å². The number of aromatic nitrogens is 2. The van der Waals surface area contributed by atoms with Crippen LogP contribution in [0.3, 0.4) is 0 Å². The number of nitrogens with two attached hydrogens (primary N) is 1. The van der Waals surface area contributed by atoms with E-state index in [0.29, 0.717) is 17.9 Å². The van der Waals surface area contributed by atoms with Crippen LogP contribution in [0.5, 0.6) is 0 Å². The van der Waals surface area contributed by atoms with Gasteiger partial charge in [0, 0.05) is 13.2 Å². The lowest BCUT2D eigenvalue weighted by atomic mass is 10.1. The summed E-state index contributed by atoms with van der Waals surface area (Å²) in [7, 11) is 1.84. The highest BCUT2D eigenvalue weighted by Crippen LogP contribution is 2.20. The van der Waals surface area contributed by atoms with Crippen molar-refractivity contribution in [1.82, 2.24) is 9.78 Å². The Labute approximate surface area is 104 Å². The SMILES string of the molecule is Cn1nccc1CNc1cc(C(=O)O)ccc1N. The second kappa shape index (κ2) is 4.79. The molecule has 0 aliphatic carbocycles. The monoisotopic (exact) mass is 246 g/mol. The lowest BCUT2D eigenvalue weighted by Gasteiger charge is -2.10. The largest absolute Gasteiger partial charge is 0.478 e. The minimum absolute atomic E-state index is 0.205. The van der Waals surface area contributed by atoms with Crippen molar-refractivity contribution in [3.8, 4) is 0 Å². The molecule has 18 heavy (non-hydrogen) atoms. The molecule has 0 radical (unpaired) electrons. The molecule has 94 valence electrons. The van der Waals surface area contributed by atoms with Gasteiger partial charge in [-0.1, -0.05) is 0 Å². The van der Waals surface area contributed by atoms with E-state index < -0.39 is 5.97 Å². The van der Waals surface area contributed by atoms with Gasteiger partial charge in [0.15, 0.2) is 0 Å². The maximum absolute atomic E-state index is 10.9. The van der Waals surface area contributed by atoms with Crippen LogP contribution in [0.25, 0.3) is 0 Å². The summed E-state index contributed by atoms with van der Waals surface area (Å²) in [6, 6.07) is 6.46. The van der Waals surface area contributed by atoms with Gasteiger partial charge in [0.1, 0.15) is 0 Å². The third-order valence-electron chi connectivity index (χ3n) is 2.68. The number of nitrogens with one attached hydrogen (secondary N) is 1. The van der Waals surface area contributed by atoms with E-state index in [1.54, 1.807) is 16.9 Å². The molecule has 1 aromatic heterocycles. The summed E-state index contributed by atoms with van der Waals surface area (Å²) in [6.45, 7) is 0.532. The Balaban J connectivity index is 2.16. The lowest BCUT2D eigenvalue weighted by molar-refractivity contribution is 0.0697. The van der Waals surface area contributed by atoms with Gasteiger partial charge in [0.25, 0.3) is 0 Å². The first-order chi connectivity index (χ1) is 8.58. The van der Waals surface area contributed by atoms with E-state index in [2.05, 4.69) is 10.4 Å². The molecule has 6 heteroatoms. The summed E-state index contributed by atoms with van der Waals surface area (Å²) in [5.41, 5.74) is 8.10. The molecule has 0 fully saturated rings. The van der Waals surface area contributed by atoms with E-state index in [1.165, 1.54) is 12.1 Å². The highest BCUT2D eigenvalue weighted by Gasteiger charge is 2.07. The Bertz CT molecular complexity index is 577. The van der Waals surface area contributed by atoms with E-state index in [1.807, 2.05) is 13.1 Å². The van der Waals surface area contributed by atoms with Crippen LogP contribution in [0.4, 0.5) is 11.4 Å². The fraction of sp³-hybridized carbons (Fsp3) is 0.167. The topological polar surface area (TPSA) is 93.2 Å². The minimum atomic E-state index is -0.974. The Morgan fingerprint density at radius 1 is 1.50 bits per heavy atom. The van der Waals surface area contributed by atoms with Gasteiger partial charge in [-0.25, -0.2) is 4.79 Å². The van der Waals surface area contributed by atoms with Crippen LogP contribution < -0.4 is 11.1 Å². The Morgan fingerprint density at radius 3 is 2.89 bits per heavy atom. The van der Waals surface area contributed by atoms with Crippen molar-refractivity contribution in [1.29, 1.82) is 0 Å². The summed E-state index contributed by atoms with van der Waals surface area (Å²) in [6.07, 6.45) is 1.70. The van der Waals surface area contributed by atoms with Gasteiger partial charge < -0.3 is 16.2 Å². The molecule has 4 N–H and O–H groups in total. The first-order valence-electron chi connectivity index (χ1n) is 5.41. The fourth-order valence-corrected chi connectivity index (χ4v) is 1.60.